The second-order valence-corrected chi connectivity index (χ2v) is 3.50. The van der Waals surface area contributed by atoms with Gasteiger partial charge < -0.3 is 10.0 Å². The van der Waals surface area contributed by atoms with Crippen LogP contribution in [0, 0.1) is 0 Å². The third-order valence-corrected chi connectivity index (χ3v) is 1.94. The Morgan fingerprint density at radius 2 is 1.75 bits per heavy atom. The van der Waals surface area contributed by atoms with Gasteiger partial charge in [-0.3, -0.25) is 4.90 Å². The Labute approximate surface area is 80.0 Å². The van der Waals surface area contributed by atoms with Crippen LogP contribution in [0.2, 0.25) is 0 Å². The number of likely N-dealkylation sites (N-methyl/N-ethyl adjacent to an activating group) is 2. The fourth-order valence-electron chi connectivity index (χ4n) is 0.809. The molecule has 4 heteroatoms. The fraction of sp³-hybridized carbons (Fsp3) is 0.875. The number of nitrogens with zero attached hydrogens (tertiary/aromatic N) is 2. The maximum atomic E-state index is 8.82. The van der Waals surface area contributed by atoms with Gasteiger partial charge in [0.1, 0.15) is 0 Å². The predicted octanol–water partition coefficient (Wildman–Crippen LogP) is 0.755. The summed E-state index contributed by atoms with van der Waals surface area (Å²) in [6.45, 7) is 5.61. The van der Waals surface area contributed by atoms with Gasteiger partial charge >= 0.3 is 0 Å². The van der Waals surface area contributed by atoms with Gasteiger partial charge in [-0.2, -0.15) is 0 Å². The van der Waals surface area contributed by atoms with Gasteiger partial charge in [-0.25, -0.2) is 0 Å². The number of rotatable bonds is 6. The number of hydrogen-bond acceptors (Lipinski definition) is 3. The van der Waals surface area contributed by atoms with Crippen LogP contribution in [0.25, 0.3) is 0 Å². The summed E-state index contributed by atoms with van der Waals surface area (Å²) in [7, 11) is 4.02. The molecule has 1 N–H and O–H groups in total. The topological polar surface area (TPSA) is 26.7 Å². The van der Waals surface area contributed by atoms with Crippen LogP contribution in [0.15, 0.2) is 0 Å². The Kier molecular flexibility index (Phi) is 6.24. The Morgan fingerprint density at radius 1 is 1.25 bits per heavy atom. The highest BCUT2D eigenvalue weighted by Crippen LogP contribution is 1.86. The lowest BCUT2D eigenvalue weighted by atomic mass is 10.4. The van der Waals surface area contributed by atoms with Crippen LogP contribution < -0.4 is 0 Å². The number of hydrogen-bond donors (Lipinski definition) is 1. The first-order valence-corrected chi connectivity index (χ1v) is 4.56. The molecule has 0 atom stereocenters. The molecule has 0 amide bonds. The number of aliphatic hydroxyl groups is 1. The fourth-order valence-corrected chi connectivity index (χ4v) is 1.03. The van der Waals surface area contributed by atoms with Crippen molar-refractivity contribution < 1.29 is 5.11 Å². The van der Waals surface area contributed by atoms with Crippen molar-refractivity contribution in [3.05, 3.63) is 0 Å². The largest absolute Gasteiger partial charge is 0.501 e. The van der Waals surface area contributed by atoms with E-state index in [4.69, 9.17) is 5.11 Å². The summed E-state index contributed by atoms with van der Waals surface area (Å²) in [4.78, 5) is 4.23. The standard InChI is InChI=1S/C8H18N2OS/c1-4-9(2)5-6-10(3)7-8(11)12/h4-7H2,1-3H3,(H,11,12). The monoisotopic (exact) mass is 190 g/mol. The SMILES string of the molecule is CCN(C)CCN(C)CC(O)=S. The Hall–Kier alpha value is -0.190. The molecular weight excluding hydrogens is 172 g/mol. The zero-order chi connectivity index (χ0) is 9.56. The van der Waals surface area contributed by atoms with Gasteiger partial charge in [-0.15, -0.1) is 0 Å². The van der Waals surface area contributed by atoms with E-state index in [2.05, 4.69) is 31.1 Å². The summed E-state index contributed by atoms with van der Waals surface area (Å²) >= 11 is 4.58. The van der Waals surface area contributed by atoms with Crippen molar-refractivity contribution in [3.63, 3.8) is 0 Å². The predicted molar refractivity (Wildman–Crippen MR) is 55.9 cm³/mol. The van der Waals surface area contributed by atoms with Gasteiger partial charge in [0.25, 0.3) is 0 Å². The van der Waals surface area contributed by atoms with Gasteiger partial charge in [0, 0.05) is 13.1 Å². The number of aliphatic hydroxyl groups excluding tert-OH is 1. The molecule has 0 heterocycles. The highest BCUT2D eigenvalue weighted by Gasteiger charge is 2.01. The van der Waals surface area contributed by atoms with E-state index in [9.17, 15) is 0 Å². The van der Waals surface area contributed by atoms with Gasteiger partial charge in [-0.05, 0) is 32.9 Å². The van der Waals surface area contributed by atoms with Gasteiger partial charge in [0.05, 0.1) is 6.54 Å². The molecule has 0 bridgehead atoms. The third kappa shape index (κ3) is 6.52. The van der Waals surface area contributed by atoms with Gasteiger partial charge in [0.15, 0.2) is 5.05 Å². The van der Waals surface area contributed by atoms with Crippen molar-refractivity contribution >= 4 is 17.3 Å². The molecule has 0 aromatic heterocycles. The van der Waals surface area contributed by atoms with Crippen LogP contribution in [0.3, 0.4) is 0 Å². The zero-order valence-corrected chi connectivity index (χ0v) is 8.89. The van der Waals surface area contributed by atoms with Crippen LogP contribution >= 0.6 is 12.2 Å². The van der Waals surface area contributed by atoms with E-state index in [0.29, 0.717) is 6.54 Å². The molecule has 3 nitrogen and oxygen atoms in total. The van der Waals surface area contributed by atoms with Gasteiger partial charge in [0.2, 0.25) is 0 Å². The lowest BCUT2D eigenvalue weighted by Gasteiger charge is -2.19. The lowest BCUT2D eigenvalue weighted by molar-refractivity contribution is 0.277. The first-order valence-electron chi connectivity index (χ1n) is 4.15. The van der Waals surface area contributed by atoms with Crippen LogP contribution in [0.4, 0.5) is 0 Å². The quantitative estimate of drug-likeness (QED) is 0.625. The molecular formula is C8H18N2OS. The van der Waals surface area contributed by atoms with Crippen molar-refractivity contribution in [1.29, 1.82) is 0 Å². The molecule has 72 valence electrons. The maximum Gasteiger partial charge on any atom is 0.170 e. The first-order chi connectivity index (χ1) is 5.56. The van der Waals surface area contributed by atoms with Crippen molar-refractivity contribution in [1.82, 2.24) is 9.80 Å². The van der Waals surface area contributed by atoms with E-state index in [1.807, 2.05) is 11.9 Å². The Morgan fingerprint density at radius 3 is 2.17 bits per heavy atom. The van der Waals surface area contributed by atoms with E-state index >= 15 is 0 Å². The minimum absolute atomic E-state index is 0.0663. The summed E-state index contributed by atoms with van der Waals surface area (Å²) < 4.78 is 0. The summed E-state index contributed by atoms with van der Waals surface area (Å²) in [5.74, 6) is 0. The second-order valence-electron chi connectivity index (χ2n) is 3.03. The van der Waals surface area contributed by atoms with E-state index in [1.54, 1.807) is 0 Å². The minimum atomic E-state index is 0.0663. The molecule has 0 aliphatic carbocycles. The van der Waals surface area contributed by atoms with Crippen molar-refractivity contribution in [2.45, 2.75) is 6.92 Å². The molecule has 0 aliphatic rings. The average Bonchev–Trinajstić information content (AvgIpc) is 1.99. The summed E-state index contributed by atoms with van der Waals surface area (Å²) in [6, 6.07) is 0. The molecule has 12 heavy (non-hydrogen) atoms. The Balaban J connectivity index is 3.43. The molecule has 0 saturated carbocycles. The van der Waals surface area contributed by atoms with E-state index in [1.165, 1.54) is 0 Å². The molecule has 0 saturated heterocycles. The van der Waals surface area contributed by atoms with Crippen molar-refractivity contribution in [2.75, 3.05) is 40.3 Å². The molecule has 0 fully saturated rings. The van der Waals surface area contributed by atoms with Crippen LogP contribution in [0.1, 0.15) is 6.92 Å². The van der Waals surface area contributed by atoms with Crippen molar-refractivity contribution in [3.8, 4) is 0 Å². The normalized spacial score (nSPS) is 11.1. The maximum absolute atomic E-state index is 8.82. The first kappa shape index (κ1) is 11.8. The summed E-state index contributed by atoms with van der Waals surface area (Å²) in [5.41, 5.74) is 0. The van der Waals surface area contributed by atoms with Crippen LogP contribution in [0.5, 0.6) is 0 Å². The van der Waals surface area contributed by atoms with Crippen molar-refractivity contribution in [2.24, 2.45) is 0 Å². The molecule has 0 radical (unpaired) electrons. The highest BCUT2D eigenvalue weighted by molar-refractivity contribution is 7.80. The summed E-state index contributed by atoms with van der Waals surface area (Å²) in [5, 5.41) is 8.89. The Bertz CT molecular complexity index is 141. The van der Waals surface area contributed by atoms with E-state index in [0.717, 1.165) is 19.6 Å². The van der Waals surface area contributed by atoms with E-state index in [-0.39, 0.29) is 5.05 Å². The summed E-state index contributed by atoms with van der Waals surface area (Å²) in [6.07, 6.45) is 0. The smallest absolute Gasteiger partial charge is 0.170 e. The molecule has 0 aliphatic heterocycles. The van der Waals surface area contributed by atoms with Crippen LogP contribution in [-0.4, -0.2) is 60.2 Å². The molecule has 0 rings (SSSR count). The second kappa shape index (κ2) is 6.34. The van der Waals surface area contributed by atoms with E-state index < -0.39 is 0 Å². The number of thiocarbonyl (C=S) groups is 1. The van der Waals surface area contributed by atoms with Gasteiger partial charge in [-0.1, -0.05) is 6.92 Å². The lowest BCUT2D eigenvalue weighted by Crippen LogP contribution is -2.33. The minimum Gasteiger partial charge on any atom is -0.501 e. The molecule has 0 aromatic carbocycles. The van der Waals surface area contributed by atoms with Crippen LogP contribution in [-0.2, 0) is 0 Å². The molecule has 0 unspecified atom stereocenters. The zero-order valence-electron chi connectivity index (χ0n) is 8.08. The highest BCUT2D eigenvalue weighted by atomic mass is 32.1. The average molecular weight is 190 g/mol. The molecule has 0 spiro atoms. The molecule has 0 aromatic rings. The third-order valence-electron chi connectivity index (χ3n) is 1.81.